The average Bonchev–Trinajstić information content (AvgIpc) is 3.03. The molecular formula is C15H13F3N4O3. The van der Waals surface area contributed by atoms with Gasteiger partial charge in [0.15, 0.2) is 0 Å². The first-order valence-corrected chi connectivity index (χ1v) is 7.26. The van der Waals surface area contributed by atoms with Gasteiger partial charge >= 0.3 is 12.1 Å². The molecule has 2 aromatic rings. The Morgan fingerprint density at radius 1 is 1.12 bits per heavy atom. The number of rotatable bonds is 3. The summed E-state index contributed by atoms with van der Waals surface area (Å²) in [5.41, 5.74) is 1.08. The van der Waals surface area contributed by atoms with Gasteiger partial charge in [0.05, 0.1) is 6.54 Å². The van der Waals surface area contributed by atoms with Crippen molar-refractivity contribution < 1.29 is 27.3 Å². The molecule has 10 heteroatoms. The van der Waals surface area contributed by atoms with E-state index in [0.29, 0.717) is 5.56 Å². The lowest BCUT2D eigenvalue weighted by atomic mass is 10.1. The second-order valence-corrected chi connectivity index (χ2v) is 5.62. The van der Waals surface area contributed by atoms with Crippen molar-refractivity contribution in [3.8, 4) is 11.4 Å². The van der Waals surface area contributed by atoms with Gasteiger partial charge in [0.1, 0.15) is 6.54 Å². The molecule has 7 nitrogen and oxygen atoms in total. The van der Waals surface area contributed by atoms with E-state index in [9.17, 15) is 22.8 Å². The fourth-order valence-electron chi connectivity index (χ4n) is 2.34. The first kappa shape index (κ1) is 16.9. The number of hydrogen-bond acceptors (Lipinski definition) is 5. The number of aromatic nitrogens is 2. The van der Waals surface area contributed by atoms with Crippen LogP contribution < -0.4 is 0 Å². The van der Waals surface area contributed by atoms with Crippen LogP contribution in [0.1, 0.15) is 11.5 Å². The minimum Gasteiger partial charge on any atom is -0.335 e. The standard InChI is InChI=1S/C15H13F3N4O3/c1-21-7-12(24)22(8-11(21)23)6-9-2-4-10(5-3-9)13-19-14(25-20-13)15(16,17)18/h2-5H,6-8H2,1H3. The number of benzene rings is 1. The monoisotopic (exact) mass is 354 g/mol. The molecule has 0 saturated carbocycles. The number of halogens is 3. The third kappa shape index (κ3) is 3.62. The lowest BCUT2D eigenvalue weighted by Crippen LogP contribution is -2.51. The number of piperazine rings is 1. The zero-order valence-electron chi connectivity index (χ0n) is 13.1. The predicted octanol–water partition coefficient (Wildman–Crippen LogP) is 1.56. The average molecular weight is 354 g/mol. The molecule has 0 spiro atoms. The van der Waals surface area contributed by atoms with E-state index in [1.807, 2.05) is 0 Å². The lowest BCUT2D eigenvalue weighted by molar-refractivity contribution is -0.159. The third-order valence-corrected chi connectivity index (χ3v) is 3.73. The SMILES string of the molecule is CN1CC(=O)N(Cc2ccc(-c3noc(C(F)(F)F)n3)cc2)CC1=O. The molecule has 1 saturated heterocycles. The molecule has 2 amide bonds. The van der Waals surface area contributed by atoms with Crippen LogP contribution in [0.25, 0.3) is 11.4 Å². The van der Waals surface area contributed by atoms with E-state index in [-0.39, 0.29) is 37.3 Å². The van der Waals surface area contributed by atoms with Gasteiger partial charge in [-0.25, -0.2) is 0 Å². The number of hydrogen-bond donors (Lipinski definition) is 0. The van der Waals surface area contributed by atoms with E-state index in [2.05, 4.69) is 14.7 Å². The van der Waals surface area contributed by atoms with Gasteiger partial charge in [0, 0.05) is 19.2 Å². The van der Waals surface area contributed by atoms with E-state index in [4.69, 9.17) is 0 Å². The Morgan fingerprint density at radius 2 is 1.80 bits per heavy atom. The van der Waals surface area contributed by atoms with Crippen LogP contribution >= 0.6 is 0 Å². The molecule has 0 bridgehead atoms. The molecule has 1 aliphatic heterocycles. The Balaban J connectivity index is 1.71. The zero-order chi connectivity index (χ0) is 18.2. The van der Waals surface area contributed by atoms with E-state index in [0.717, 1.165) is 5.56 Å². The maximum absolute atomic E-state index is 12.5. The molecule has 0 aliphatic carbocycles. The van der Waals surface area contributed by atoms with Crippen LogP contribution in [0, 0.1) is 0 Å². The molecule has 132 valence electrons. The molecule has 25 heavy (non-hydrogen) atoms. The first-order valence-electron chi connectivity index (χ1n) is 7.26. The van der Waals surface area contributed by atoms with E-state index in [1.165, 1.54) is 21.9 Å². The summed E-state index contributed by atoms with van der Waals surface area (Å²) in [5, 5.41) is 3.31. The van der Waals surface area contributed by atoms with Gasteiger partial charge in [0.2, 0.25) is 17.6 Å². The quantitative estimate of drug-likeness (QED) is 0.836. The number of likely N-dealkylation sites (N-methyl/N-ethyl adjacent to an activating group) is 1. The highest BCUT2D eigenvalue weighted by Crippen LogP contribution is 2.29. The second-order valence-electron chi connectivity index (χ2n) is 5.62. The van der Waals surface area contributed by atoms with Gasteiger partial charge in [-0.05, 0) is 5.56 Å². The topological polar surface area (TPSA) is 79.5 Å². The summed E-state index contributed by atoms with van der Waals surface area (Å²) in [6.45, 7) is 0.260. The highest BCUT2D eigenvalue weighted by atomic mass is 19.4. The summed E-state index contributed by atoms with van der Waals surface area (Å²) in [4.78, 5) is 29.7. The minimum atomic E-state index is -4.69. The Hall–Kier alpha value is -2.91. The van der Waals surface area contributed by atoms with Crippen molar-refractivity contribution >= 4 is 11.8 Å². The van der Waals surface area contributed by atoms with Crippen molar-refractivity contribution in [1.29, 1.82) is 0 Å². The van der Waals surface area contributed by atoms with Gasteiger partial charge in [-0.2, -0.15) is 18.2 Å². The van der Waals surface area contributed by atoms with E-state index >= 15 is 0 Å². The zero-order valence-corrected chi connectivity index (χ0v) is 13.1. The molecule has 1 aromatic heterocycles. The molecule has 0 unspecified atom stereocenters. The van der Waals surface area contributed by atoms with E-state index < -0.39 is 12.1 Å². The number of carbonyl (C=O) groups excluding carboxylic acids is 2. The lowest BCUT2D eigenvalue weighted by Gasteiger charge is -2.31. The van der Waals surface area contributed by atoms with Crippen LogP contribution in [0.5, 0.6) is 0 Å². The number of alkyl halides is 3. The number of amides is 2. The fraction of sp³-hybridized carbons (Fsp3) is 0.333. The largest absolute Gasteiger partial charge is 0.471 e. The van der Waals surface area contributed by atoms with Crippen LogP contribution in [0.15, 0.2) is 28.8 Å². The van der Waals surface area contributed by atoms with E-state index in [1.54, 1.807) is 19.2 Å². The molecule has 3 rings (SSSR count). The van der Waals surface area contributed by atoms with Crippen molar-refractivity contribution in [2.75, 3.05) is 20.1 Å². The van der Waals surface area contributed by atoms with Crippen LogP contribution in [0.4, 0.5) is 13.2 Å². The van der Waals surface area contributed by atoms with Gasteiger partial charge in [-0.1, -0.05) is 29.4 Å². The maximum atomic E-state index is 12.5. The van der Waals surface area contributed by atoms with Gasteiger partial charge in [-0.15, -0.1) is 0 Å². The molecule has 0 radical (unpaired) electrons. The molecule has 1 aromatic carbocycles. The van der Waals surface area contributed by atoms with Gasteiger partial charge in [-0.3, -0.25) is 9.59 Å². The normalized spacial score (nSPS) is 15.8. The molecule has 0 N–H and O–H groups in total. The van der Waals surface area contributed by atoms with Crippen LogP contribution in [-0.2, 0) is 22.3 Å². The van der Waals surface area contributed by atoms with Gasteiger partial charge < -0.3 is 14.3 Å². The van der Waals surface area contributed by atoms with Crippen LogP contribution in [-0.4, -0.2) is 51.9 Å². The number of carbonyl (C=O) groups is 2. The summed E-state index contributed by atoms with van der Waals surface area (Å²) >= 11 is 0. The Labute approximate surface area is 140 Å². The Kier molecular flexibility index (Phi) is 4.19. The molecule has 1 fully saturated rings. The second kappa shape index (κ2) is 6.19. The highest BCUT2D eigenvalue weighted by Gasteiger charge is 2.38. The smallest absolute Gasteiger partial charge is 0.335 e. The molecule has 1 aliphatic rings. The fourth-order valence-corrected chi connectivity index (χ4v) is 2.34. The highest BCUT2D eigenvalue weighted by molar-refractivity contribution is 5.92. The summed E-state index contributed by atoms with van der Waals surface area (Å²) in [6, 6.07) is 6.33. The minimum absolute atomic E-state index is 0.00311. The summed E-state index contributed by atoms with van der Waals surface area (Å²) < 4.78 is 41.6. The maximum Gasteiger partial charge on any atom is 0.471 e. The summed E-state index contributed by atoms with van der Waals surface area (Å²) in [5.74, 6) is -1.90. The predicted molar refractivity (Wildman–Crippen MR) is 77.8 cm³/mol. The van der Waals surface area contributed by atoms with Crippen LogP contribution in [0.3, 0.4) is 0 Å². The Morgan fingerprint density at radius 3 is 2.40 bits per heavy atom. The molecule has 2 heterocycles. The summed E-state index contributed by atoms with van der Waals surface area (Å²) in [6.07, 6.45) is -4.69. The third-order valence-electron chi connectivity index (χ3n) is 3.73. The van der Waals surface area contributed by atoms with Crippen LogP contribution in [0.2, 0.25) is 0 Å². The molecular weight excluding hydrogens is 341 g/mol. The molecule has 0 atom stereocenters. The van der Waals surface area contributed by atoms with Crippen molar-refractivity contribution in [2.45, 2.75) is 12.7 Å². The summed E-state index contributed by atoms with van der Waals surface area (Å²) in [7, 11) is 1.56. The van der Waals surface area contributed by atoms with Crippen molar-refractivity contribution in [1.82, 2.24) is 19.9 Å². The Bertz CT molecular complexity index is 801. The van der Waals surface area contributed by atoms with Gasteiger partial charge in [0.25, 0.3) is 0 Å². The first-order chi connectivity index (χ1) is 11.7. The number of nitrogens with zero attached hydrogens (tertiary/aromatic N) is 4. The van der Waals surface area contributed by atoms with Crippen molar-refractivity contribution in [2.24, 2.45) is 0 Å². The van der Waals surface area contributed by atoms with Crippen molar-refractivity contribution in [3.63, 3.8) is 0 Å². The van der Waals surface area contributed by atoms with Crippen molar-refractivity contribution in [3.05, 3.63) is 35.7 Å².